The summed E-state index contributed by atoms with van der Waals surface area (Å²) < 4.78 is 0. The first-order valence-corrected chi connectivity index (χ1v) is 9.65. The van der Waals surface area contributed by atoms with Gasteiger partial charge in [-0.15, -0.1) is 0 Å². The fourth-order valence-corrected chi connectivity index (χ4v) is 4.27. The number of nitrogens with two attached hydrogens (primary N) is 1. The highest BCUT2D eigenvalue weighted by Crippen LogP contribution is 2.34. The van der Waals surface area contributed by atoms with Crippen molar-refractivity contribution in [3.8, 4) is 0 Å². The number of piperidine rings is 1. The van der Waals surface area contributed by atoms with E-state index in [1.165, 1.54) is 0 Å². The Kier molecular flexibility index (Phi) is 3.93. The van der Waals surface area contributed by atoms with Crippen molar-refractivity contribution in [2.75, 3.05) is 22.9 Å². The quantitative estimate of drug-likeness (QED) is 0.718. The van der Waals surface area contributed by atoms with Crippen LogP contribution in [0.15, 0.2) is 24.5 Å². The van der Waals surface area contributed by atoms with Gasteiger partial charge in [0.25, 0.3) is 0 Å². The number of anilines is 3. The number of hydrogen-bond donors (Lipinski definition) is 2. The summed E-state index contributed by atoms with van der Waals surface area (Å²) in [5, 5.41) is 7.63. The molecule has 2 aliphatic rings. The van der Waals surface area contributed by atoms with Crippen LogP contribution >= 0.6 is 0 Å². The van der Waals surface area contributed by atoms with Crippen molar-refractivity contribution in [1.82, 2.24) is 25.1 Å². The summed E-state index contributed by atoms with van der Waals surface area (Å²) >= 11 is 0. The molecule has 5 heterocycles. The SMILES string of the molecule is CC1CC(N)CCN1c1cnc2c(N3CCCc4ncccc43)n[nH]c2n1. The zero-order chi connectivity index (χ0) is 18.4. The minimum Gasteiger partial charge on any atom is -0.352 e. The molecule has 0 aromatic carbocycles. The Hall–Kier alpha value is -2.74. The second-order valence-electron chi connectivity index (χ2n) is 7.52. The van der Waals surface area contributed by atoms with Gasteiger partial charge in [-0.3, -0.25) is 10.1 Å². The summed E-state index contributed by atoms with van der Waals surface area (Å²) in [5.41, 5.74) is 9.84. The van der Waals surface area contributed by atoms with Crippen LogP contribution in [-0.4, -0.2) is 50.3 Å². The number of aromatic nitrogens is 5. The van der Waals surface area contributed by atoms with E-state index in [4.69, 9.17) is 15.7 Å². The van der Waals surface area contributed by atoms with Gasteiger partial charge in [0, 0.05) is 31.4 Å². The molecule has 5 rings (SSSR count). The lowest BCUT2D eigenvalue weighted by molar-refractivity contribution is 0.427. The van der Waals surface area contributed by atoms with Crippen LogP contribution in [0.3, 0.4) is 0 Å². The topological polar surface area (TPSA) is 99.9 Å². The van der Waals surface area contributed by atoms with Gasteiger partial charge in [-0.05, 0) is 44.7 Å². The minimum absolute atomic E-state index is 0.277. The Morgan fingerprint density at radius 2 is 2.19 bits per heavy atom. The van der Waals surface area contributed by atoms with Gasteiger partial charge >= 0.3 is 0 Å². The molecule has 3 aromatic heterocycles. The molecular formula is C19H24N8. The first kappa shape index (κ1) is 16.4. The molecule has 1 fully saturated rings. The molecule has 0 bridgehead atoms. The number of H-pyrrole nitrogens is 1. The van der Waals surface area contributed by atoms with Gasteiger partial charge in [-0.25, -0.2) is 9.97 Å². The molecule has 27 heavy (non-hydrogen) atoms. The summed E-state index contributed by atoms with van der Waals surface area (Å²) in [7, 11) is 0. The molecule has 140 valence electrons. The van der Waals surface area contributed by atoms with Gasteiger partial charge in [0.1, 0.15) is 5.82 Å². The third-order valence-corrected chi connectivity index (χ3v) is 5.66. The number of nitrogens with one attached hydrogen (secondary N) is 1. The average molecular weight is 364 g/mol. The molecule has 0 amide bonds. The van der Waals surface area contributed by atoms with Crippen LogP contribution in [0.5, 0.6) is 0 Å². The van der Waals surface area contributed by atoms with Gasteiger partial charge in [-0.2, -0.15) is 5.10 Å². The monoisotopic (exact) mass is 364 g/mol. The molecule has 3 N–H and O–H groups in total. The number of aromatic amines is 1. The Morgan fingerprint density at radius 1 is 1.26 bits per heavy atom. The molecule has 8 heteroatoms. The van der Waals surface area contributed by atoms with Crippen LogP contribution in [-0.2, 0) is 6.42 Å². The van der Waals surface area contributed by atoms with E-state index in [0.717, 1.165) is 73.0 Å². The number of rotatable bonds is 2. The van der Waals surface area contributed by atoms with Crippen LogP contribution in [0.1, 0.15) is 31.9 Å². The van der Waals surface area contributed by atoms with Crippen molar-refractivity contribution >= 4 is 28.5 Å². The van der Waals surface area contributed by atoms with E-state index in [1.54, 1.807) is 0 Å². The van der Waals surface area contributed by atoms with Crippen LogP contribution in [0.2, 0.25) is 0 Å². The highest BCUT2D eigenvalue weighted by Gasteiger charge is 2.27. The lowest BCUT2D eigenvalue weighted by atomic mass is 9.99. The van der Waals surface area contributed by atoms with E-state index in [1.807, 2.05) is 18.5 Å². The second kappa shape index (κ2) is 6.45. The lowest BCUT2D eigenvalue weighted by Gasteiger charge is -2.37. The molecule has 0 spiro atoms. The van der Waals surface area contributed by atoms with Gasteiger partial charge < -0.3 is 15.5 Å². The van der Waals surface area contributed by atoms with Gasteiger partial charge in [-0.1, -0.05) is 0 Å². The number of hydrogen-bond acceptors (Lipinski definition) is 7. The molecule has 2 unspecified atom stereocenters. The van der Waals surface area contributed by atoms with E-state index < -0.39 is 0 Å². The summed E-state index contributed by atoms with van der Waals surface area (Å²) in [6.07, 6.45) is 7.72. The zero-order valence-corrected chi connectivity index (χ0v) is 15.5. The van der Waals surface area contributed by atoms with Gasteiger partial charge in [0.05, 0.1) is 17.6 Å². The molecule has 2 atom stereocenters. The summed E-state index contributed by atoms with van der Waals surface area (Å²) in [6.45, 7) is 4.01. The van der Waals surface area contributed by atoms with E-state index >= 15 is 0 Å². The Morgan fingerprint density at radius 3 is 3.07 bits per heavy atom. The zero-order valence-electron chi connectivity index (χ0n) is 15.5. The van der Waals surface area contributed by atoms with E-state index in [2.05, 4.69) is 38.0 Å². The van der Waals surface area contributed by atoms with Crippen molar-refractivity contribution in [2.24, 2.45) is 5.73 Å². The minimum atomic E-state index is 0.277. The predicted octanol–water partition coefficient (Wildman–Crippen LogP) is 2.15. The molecular weight excluding hydrogens is 340 g/mol. The Labute approximate surface area is 157 Å². The maximum absolute atomic E-state index is 6.09. The maximum atomic E-state index is 6.09. The van der Waals surface area contributed by atoms with Crippen molar-refractivity contribution in [2.45, 2.75) is 44.7 Å². The van der Waals surface area contributed by atoms with Crippen LogP contribution in [0, 0.1) is 0 Å². The molecule has 8 nitrogen and oxygen atoms in total. The number of aryl methyl sites for hydroxylation is 1. The van der Waals surface area contributed by atoms with E-state index in [0.29, 0.717) is 6.04 Å². The van der Waals surface area contributed by atoms with Crippen molar-refractivity contribution in [3.63, 3.8) is 0 Å². The molecule has 3 aromatic rings. The van der Waals surface area contributed by atoms with Crippen molar-refractivity contribution in [1.29, 1.82) is 0 Å². The molecule has 0 aliphatic carbocycles. The van der Waals surface area contributed by atoms with E-state index in [9.17, 15) is 0 Å². The fraction of sp³-hybridized carbons (Fsp3) is 0.474. The third-order valence-electron chi connectivity index (χ3n) is 5.66. The number of nitrogens with zero attached hydrogens (tertiary/aromatic N) is 6. The third kappa shape index (κ3) is 2.80. The number of fused-ring (bicyclic) bond motifs is 2. The average Bonchev–Trinajstić information content (AvgIpc) is 3.10. The smallest absolute Gasteiger partial charge is 0.183 e. The molecule has 2 aliphatic heterocycles. The predicted molar refractivity (Wildman–Crippen MR) is 105 cm³/mol. The van der Waals surface area contributed by atoms with Gasteiger partial charge in [0.2, 0.25) is 0 Å². The lowest BCUT2D eigenvalue weighted by Crippen LogP contribution is -2.46. The number of pyridine rings is 1. The highest BCUT2D eigenvalue weighted by atomic mass is 15.3. The Balaban J connectivity index is 1.50. The summed E-state index contributed by atoms with van der Waals surface area (Å²) in [6, 6.07) is 4.71. The normalized spacial score (nSPS) is 22.9. The van der Waals surface area contributed by atoms with Crippen LogP contribution in [0.4, 0.5) is 17.3 Å². The maximum Gasteiger partial charge on any atom is 0.183 e. The summed E-state index contributed by atoms with van der Waals surface area (Å²) in [5.74, 6) is 1.71. The van der Waals surface area contributed by atoms with Gasteiger partial charge in [0.15, 0.2) is 17.0 Å². The first-order valence-electron chi connectivity index (χ1n) is 9.65. The molecule has 0 radical (unpaired) electrons. The Bertz CT molecular complexity index is 967. The van der Waals surface area contributed by atoms with Crippen LogP contribution < -0.4 is 15.5 Å². The van der Waals surface area contributed by atoms with Crippen LogP contribution in [0.25, 0.3) is 11.2 Å². The fourth-order valence-electron chi connectivity index (χ4n) is 4.27. The highest BCUT2D eigenvalue weighted by molar-refractivity contribution is 5.87. The first-order chi connectivity index (χ1) is 13.2. The standard InChI is InChI=1S/C19H24N8/c1-12-10-13(20)6-9-26(12)16-11-22-17-18(23-16)24-25-19(17)27-8-3-4-14-15(27)5-2-7-21-14/h2,5,7,11-13H,3-4,6,8-10,20H2,1H3,(H,23,24,25). The summed E-state index contributed by atoms with van der Waals surface area (Å²) in [4.78, 5) is 18.5. The van der Waals surface area contributed by atoms with Crippen molar-refractivity contribution in [3.05, 3.63) is 30.2 Å². The second-order valence-corrected chi connectivity index (χ2v) is 7.52. The largest absolute Gasteiger partial charge is 0.352 e. The van der Waals surface area contributed by atoms with E-state index in [-0.39, 0.29) is 6.04 Å². The molecule has 0 saturated carbocycles. The van der Waals surface area contributed by atoms with Crippen molar-refractivity contribution < 1.29 is 0 Å². The molecule has 1 saturated heterocycles.